The first-order valence-electron chi connectivity index (χ1n) is 8.41. The number of hydrogen-bond donors (Lipinski definition) is 0. The average Bonchev–Trinajstić information content (AvgIpc) is 2.98. The van der Waals surface area contributed by atoms with Crippen molar-refractivity contribution in [3.05, 3.63) is 61.7 Å². The Balaban J connectivity index is 1.99. The summed E-state index contributed by atoms with van der Waals surface area (Å²) < 4.78 is 16.5. The van der Waals surface area contributed by atoms with Gasteiger partial charge in [0, 0.05) is 11.9 Å². The molecule has 3 rings (SSSR count). The molecule has 0 aliphatic carbocycles. The number of benzene rings is 2. The van der Waals surface area contributed by atoms with Crippen molar-refractivity contribution >= 4 is 63.0 Å². The van der Waals surface area contributed by atoms with E-state index >= 15 is 0 Å². The van der Waals surface area contributed by atoms with Gasteiger partial charge in [0.2, 0.25) is 5.90 Å². The second kappa shape index (κ2) is 8.98. The van der Waals surface area contributed by atoms with Crippen LogP contribution in [0.25, 0.3) is 6.08 Å². The van der Waals surface area contributed by atoms with E-state index in [2.05, 4.69) is 20.9 Å². The molecule has 29 heavy (non-hydrogen) atoms. The van der Waals surface area contributed by atoms with Crippen LogP contribution in [0.5, 0.6) is 11.5 Å². The largest absolute Gasteiger partial charge is 0.490 e. The zero-order valence-corrected chi connectivity index (χ0v) is 18.4. The van der Waals surface area contributed by atoms with Crippen molar-refractivity contribution in [2.24, 2.45) is 4.99 Å². The highest BCUT2D eigenvalue weighted by Crippen LogP contribution is 2.38. The summed E-state index contributed by atoms with van der Waals surface area (Å²) >= 11 is 15.4. The number of carbonyl (C=O) groups is 2. The SMILES string of the molecule is CCOc1cc(/C=C2\N=C(c3ccc(Cl)cc3Cl)OC2=O)cc(Br)c1OC(C)=O. The van der Waals surface area contributed by atoms with Crippen LogP contribution in [0.1, 0.15) is 25.0 Å². The molecule has 2 aromatic rings. The molecule has 0 radical (unpaired) electrons. The van der Waals surface area contributed by atoms with E-state index < -0.39 is 11.9 Å². The fourth-order valence-corrected chi connectivity index (χ4v) is 3.55. The third-order valence-corrected chi connectivity index (χ3v) is 4.80. The molecular formula is C20H14BrCl2NO5. The van der Waals surface area contributed by atoms with Gasteiger partial charge in [-0.1, -0.05) is 23.2 Å². The molecule has 0 amide bonds. The predicted octanol–water partition coefficient (Wildman–Crippen LogP) is 5.42. The summed E-state index contributed by atoms with van der Waals surface area (Å²) in [6, 6.07) is 8.09. The van der Waals surface area contributed by atoms with Crippen LogP contribution in [0, 0.1) is 0 Å². The fourth-order valence-electron chi connectivity index (χ4n) is 2.52. The van der Waals surface area contributed by atoms with Gasteiger partial charge >= 0.3 is 11.9 Å². The van der Waals surface area contributed by atoms with Gasteiger partial charge in [0.15, 0.2) is 17.2 Å². The molecule has 0 spiro atoms. The van der Waals surface area contributed by atoms with Crippen molar-refractivity contribution < 1.29 is 23.8 Å². The van der Waals surface area contributed by atoms with Gasteiger partial charge < -0.3 is 14.2 Å². The molecule has 9 heteroatoms. The lowest BCUT2D eigenvalue weighted by Gasteiger charge is -2.12. The van der Waals surface area contributed by atoms with Crippen LogP contribution < -0.4 is 9.47 Å². The Labute approximate surface area is 185 Å². The summed E-state index contributed by atoms with van der Waals surface area (Å²) in [5.41, 5.74) is 1.13. The zero-order chi connectivity index (χ0) is 21.1. The third kappa shape index (κ3) is 4.98. The predicted molar refractivity (Wildman–Crippen MR) is 114 cm³/mol. The van der Waals surface area contributed by atoms with Gasteiger partial charge in [-0.25, -0.2) is 9.79 Å². The first-order chi connectivity index (χ1) is 13.8. The van der Waals surface area contributed by atoms with Gasteiger partial charge in [-0.3, -0.25) is 4.79 Å². The van der Waals surface area contributed by atoms with E-state index in [1.165, 1.54) is 19.1 Å². The molecular weight excluding hydrogens is 485 g/mol. The van der Waals surface area contributed by atoms with Crippen LogP contribution in [-0.2, 0) is 14.3 Å². The van der Waals surface area contributed by atoms with E-state index in [0.717, 1.165) is 0 Å². The number of halogens is 3. The molecule has 0 atom stereocenters. The summed E-state index contributed by atoms with van der Waals surface area (Å²) in [7, 11) is 0. The minimum Gasteiger partial charge on any atom is -0.490 e. The van der Waals surface area contributed by atoms with E-state index in [1.807, 2.05) is 0 Å². The normalized spacial score (nSPS) is 14.6. The van der Waals surface area contributed by atoms with Crippen LogP contribution in [-0.4, -0.2) is 24.4 Å². The lowest BCUT2D eigenvalue weighted by atomic mass is 10.1. The van der Waals surface area contributed by atoms with Crippen molar-refractivity contribution in [3.8, 4) is 11.5 Å². The van der Waals surface area contributed by atoms with Gasteiger partial charge in [-0.05, 0) is 64.8 Å². The zero-order valence-electron chi connectivity index (χ0n) is 15.3. The molecule has 0 fully saturated rings. The fraction of sp³-hybridized carbons (Fsp3) is 0.150. The van der Waals surface area contributed by atoms with Crippen molar-refractivity contribution in [1.29, 1.82) is 0 Å². The van der Waals surface area contributed by atoms with E-state index in [9.17, 15) is 9.59 Å². The highest BCUT2D eigenvalue weighted by molar-refractivity contribution is 9.10. The Morgan fingerprint density at radius 3 is 2.69 bits per heavy atom. The Morgan fingerprint density at radius 2 is 2.03 bits per heavy atom. The summed E-state index contributed by atoms with van der Waals surface area (Å²) in [5.74, 6) is -0.410. The van der Waals surface area contributed by atoms with Gasteiger partial charge in [0.05, 0.1) is 21.7 Å². The van der Waals surface area contributed by atoms with E-state index in [4.69, 9.17) is 37.4 Å². The first-order valence-corrected chi connectivity index (χ1v) is 9.96. The Bertz CT molecular complexity index is 1070. The molecule has 0 aromatic heterocycles. The Morgan fingerprint density at radius 1 is 1.28 bits per heavy atom. The molecule has 150 valence electrons. The van der Waals surface area contributed by atoms with Crippen LogP contribution in [0.2, 0.25) is 10.0 Å². The van der Waals surface area contributed by atoms with Gasteiger partial charge in [0.1, 0.15) is 0 Å². The average molecular weight is 499 g/mol. The van der Waals surface area contributed by atoms with E-state index in [1.54, 1.807) is 31.2 Å². The first kappa shape index (κ1) is 21.4. The maximum absolute atomic E-state index is 12.3. The summed E-state index contributed by atoms with van der Waals surface area (Å²) in [4.78, 5) is 27.8. The maximum Gasteiger partial charge on any atom is 0.363 e. The molecule has 1 heterocycles. The van der Waals surface area contributed by atoms with Crippen LogP contribution in [0.15, 0.2) is 45.5 Å². The van der Waals surface area contributed by atoms with Crippen LogP contribution >= 0.6 is 39.1 Å². The Hall–Kier alpha value is -2.35. The number of hydrogen-bond acceptors (Lipinski definition) is 6. The molecule has 1 aliphatic rings. The Kier molecular flexibility index (Phi) is 6.62. The minimum atomic E-state index is -0.621. The van der Waals surface area contributed by atoms with Crippen molar-refractivity contribution in [2.75, 3.05) is 6.61 Å². The number of nitrogens with zero attached hydrogens (tertiary/aromatic N) is 1. The van der Waals surface area contributed by atoms with Gasteiger partial charge in [-0.15, -0.1) is 0 Å². The molecule has 1 aliphatic heterocycles. The third-order valence-electron chi connectivity index (χ3n) is 3.66. The minimum absolute atomic E-state index is 0.0839. The summed E-state index contributed by atoms with van der Waals surface area (Å²) in [6.07, 6.45) is 1.53. The van der Waals surface area contributed by atoms with Crippen molar-refractivity contribution in [3.63, 3.8) is 0 Å². The highest BCUT2D eigenvalue weighted by Gasteiger charge is 2.26. The lowest BCUT2D eigenvalue weighted by Crippen LogP contribution is -2.06. The molecule has 0 N–H and O–H groups in total. The standard InChI is InChI=1S/C20H14BrCl2NO5/c1-3-27-17-8-11(6-14(21)18(17)28-10(2)25)7-16-20(26)29-19(24-16)13-5-4-12(22)9-15(13)23/h4-9H,3H2,1-2H3/b16-7-. The van der Waals surface area contributed by atoms with Crippen LogP contribution in [0.4, 0.5) is 0 Å². The van der Waals surface area contributed by atoms with Crippen LogP contribution in [0.3, 0.4) is 0 Å². The number of ether oxygens (including phenoxy) is 3. The molecule has 6 nitrogen and oxygen atoms in total. The monoisotopic (exact) mass is 497 g/mol. The molecule has 2 aromatic carbocycles. The molecule has 0 unspecified atom stereocenters. The number of esters is 2. The molecule has 0 saturated heterocycles. The van der Waals surface area contributed by atoms with Gasteiger partial charge in [0.25, 0.3) is 0 Å². The van der Waals surface area contributed by atoms with E-state index in [-0.39, 0.29) is 17.3 Å². The van der Waals surface area contributed by atoms with Crippen molar-refractivity contribution in [2.45, 2.75) is 13.8 Å². The lowest BCUT2D eigenvalue weighted by molar-refractivity contribution is -0.132. The highest BCUT2D eigenvalue weighted by atomic mass is 79.9. The topological polar surface area (TPSA) is 74.2 Å². The smallest absolute Gasteiger partial charge is 0.363 e. The van der Waals surface area contributed by atoms with E-state index in [0.29, 0.717) is 38.0 Å². The second-order valence-electron chi connectivity index (χ2n) is 5.82. The number of cyclic esters (lactones) is 1. The summed E-state index contributed by atoms with van der Waals surface area (Å²) in [5, 5.41) is 0.776. The maximum atomic E-state index is 12.3. The summed E-state index contributed by atoms with van der Waals surface area (Å²) in [6.45, 7) is 3.46. The molecule has 0 saturated carbocycles. The number of aliphatic imine (C=N–C) groups is 1. The second-order valence-corrected chi connectivity index (χ2v) is 7.51. The van der Waals surface area contributed by atoms with Crippen molar-refractivity contribution in [1.82, 2.24) is 0 Å². The quantitative estimate of drug-likeness (QED) is 0.312. The number of rotatable bonds is 5. The number of carbonyl (C=O) groups excluding carboxylic acids is 2. The van der Waals surface area contributed by atoms with Gasteiger partial charge in [-0.2, -0.15) is 0 Å². The molecule has 0 bridgehead atoms.